The maximum absolute atomic E-state index is 16.9. The van der Waals surface area contributed by atoms with Crippen molar-refractivity contribution in [1.82, 2.24) is 20.1 Å². The second kappa shape index (κ2) is 18.3. The molecular weight excluding hydrogens is 756 g/mol. The van der Waals surface area contributed by atoms with E-state index >= 15 is 4.39 Å². The molecule has 1 unspecified atom stereocenters. The zero-order valence-corrected chi connectivity index (χ0v) is 35.5. The highest BCUT2D eigenvalue weighted by molar-refractivity contribution is 7.12. The van der Waals surface area contributed by atoms with Gasteiger partial charge in [-0.1, -0.05) is 54.5 Å². The van der Waals surface area contributed by atoms with Gasteiger partial charge in [0.15, 0.2) is 25.7 Å². The Morgan fingerprint density at radius 3 is 2.34 bits per heavy atom. The Hall–Kier alpha value is -4.98. The normalized spacial score (nSPS) is 12.5. The highest BCUT2D eigenvalue weighted by Crippen LogP contribution is 2.42. The lowest BCUT2D eigenvalue weighted by atomic mass is 9.99. The molecule has 2 aromatic heterocycles. The number of aromatic amines is 1. The van der Waals surface area contributed by atoms with E-state index in [1.807, 2.05) is 6.92 Å². The summed E-state index contributed by atoms with van der Waals surface area (Å²) in [6.07, 6.45) is -0.146. The summed E-state index contributed by atoms with van der Waals surface area (Å²) in [4.78, 5) is 40.4. The summed E-state index contributed by atoms with van der Waals surface area (Å²) in [5.74, 6) is -1.94. The first-order valence-corrected chi connectivity index (χ1v) is 21.7. The summed E-state index contributed by atoms with van der Waals surface area (Å²) in [7, 11) is -2.20. The van der Waals surface area contributed by atoms with Crippen molar-refractivity contribution in [3.63, 3.8) is 0 Å². The van der Waals surface area contributed by atoms with Crippen LogP contribution in [0.5, 0.6) is 5.75 Å². The van der Waals surface area contributed by atoms with Crippen molar-refractivity contribution in [2.45, 2.75) is 110 Å². The number of halogens is 1. The second-order valence-corrected chi connectivity index (χ2v) is 21.8. The van der Waals surface area contributed by atoms with Gasteiger partial charge in [0.1, 0.15) is 23.1 Å². The number of rotatable bonds is 17. The van der Waals surface area contributed by atoms with Gasteiger partial charge in [-0.25, -0.2) is 18.8 Å². The Balaban J connectivity index is 1.78. The SMILES string of the molecule is CCc1cc(OCCO[Si](C(C)C)(C(C)C)C(C)C)c(F)c(C(Nc2ccc(C#N)c(CNC(=O)OC(C)(C)C)c2)c2nn(-c3ccsc3C(=O)O)c(=O)[nH]2)c1. The molecule has 1 amide bonds. The predicted octanol–water partition coefficient (Wildman–Crippen LogP) is 8.69. The lowest BCUT2D eigenvalue weighted by Gasteiger charge is -2.42. The average Bonchev–Trinajstić information content (AvgIpc) is 3.76. The Kier molecular flexibility index (Phi) is 14.3. The molecule has 2 aromatic carbocycles. The van der Waals surface area contributed by atoms with E-state index in [1.165, 1.54) is 11.4 Å². The number of carboxylic acid groups (broad SMARTS) is 1. The van der Waals surface area contributed by atoms with Gasteiger partial charge in [-0.05, 0) is 90.7 Å². The summed E-state index contributed by atoms with van der Waals surface area (Å²) < 4.78 is 35.9. The van der Waals surface area contributed by atoms with Gasteiger partial charge in [0.2, 0.25) is 0 Å². The number of aryl methyl sites for hydroxylation is 1. The molecule has 16 heteroatoms. The van der Waals surface area contributed by atoms with Crippen LogP contribution in [0.1, 0.15) is 113 Å². The molecule has 0 spiro atoms. The number of hydrogen-bond acceptors (Lipinski definition) is 10. The number of nitrogens with zero attached hydrogens (tertiary/aromatic N) is 3. The molecule has 4 N–H and O–H groups in total. The number of ether oxygens (including phenoxy) is 2. The van der Waals surface area contributed by atoms with E-state index in [0.717, 1.165) is 21.6 Å². The van der Waals surface area contributed by atoms with E-state index < -0.39 is 43.5 Å². The lowest BCUT2D eigenvalue weighted by molar-refractivity contribution is 0.0523. The van der Waals surface area contributed by atoms with Gasteiger partial charge in [0, 0.05) is 17.8 Å². The number of carbonyl (C=O) groups is 2. The van der Waals surface area contributed by atoms with Crippen molar-refractivity contribution in [1.29, 1.82) is 5.26 Å². The molecule has 302 valence electrons. The highest BCUT2D eigenvalue weighted by Gasteiger charge is 2.45. The van der Waals surface area contributed by atoms with Gasteiger partial charge in [-0.15, -0.1) is 16.4 Å². The molecule has 2 heterocycles. The molecule has 4 rings (SSSR count). The van der Waals surface area contributed by atoms with Gasteiger partial charge in [-0.2, -0.15) is 9.94 Å². The van der Waals surface area contributed by atoms with Crippen molar-refractivity contribution in [3.8, 4) is 17.5 Å². The molecule has 56 heavy (non-hydrogen) atoms. The standard InChI is InChI=1S/C40H53FN6O7SSi/c1-11-26-18-30(33(41)32(19-26)52-15-16-53-56(23(2)3,24(4)5)25(6)7)34(36-45-38(50)47(46-36)31-14-17-55-35(31)37(48)49)44-29-13-12-27(21-42)28(20-29)22-43-39(51)54-40(8,9)10/h12-14,17-20,23-25,34,44H,11,15-16,22H2,1-10H3,(H,43,51)(H,48,49)(H,45,46,50). The number of alkyl carbamates (subject to hydrolysis) is 1. The minimum atomic E-state index is -2.20. The fourth-order valence-corrected chi connectivity index (χ4v) is 13.4. The first-order chi connectivity index (χ1) is 26.3. The Labute approximate surface area is 332 Å². The molecule has 0 radical (unpaired) electrons. The van der Waals surface area contributed by atoms with Gasteiger partial charge >= 0.3 is 17.8 Å². The monoisotopic (exact) mass is 808 g/mol. The van der Waals surface area contributed by atoms with Crippen molar-refractivity contribution in [2.24, 2.45) is 0 Å². The summed E-state index contributed by atoms with van der Waals surface area (Å²) in [6.45, 7) is 20.6. The van der Waals surface area contributed by atoms with E-state index in [9.17, 15) is 24.8 Å². The molecule has 4 aromatic rings. The van der Waals surface area contributed by atoms with Crippen molar-refractivity contribution >= 4 is 37.4 Å². The molecule has 0 fully saturated rings. The van der Waals surface area contributed by atoms with Crippen LogP contribution in [0.4, 0.5) is 14.9 Å². The van der Waals surface area contributed by atoms with Crippen molar-refractivity contribution < 1.29 is 33.0 Å². The van der Waals surface area contributed by atoms with Crippen LogP contribution < -0.4 is 21.1 Å². The van der Waals surface area contributed by atoms with Crippen LogP contribution in [0, 0.1) is 17.1 Å². The fraction of sp³-hybridized carbons (Fsp3) is 0.475. The van der Waals surface area contributed by atoms with Crippen LogP contribution in [-0.4, -0.2) is 59.1 Å². The van der Waals surface area contributed by atoms with E-state index in [2.05, 4.69) is 68.3 Å². The Morgan fingerprint density at radius 1 is 1.07 bits per heavy atom. The minimum Gasteiger partial charge on any atom is -0.488 e. The number of H-pyrrole nitrogens is 1. The van der Waals surface area contributed by atoms with Crippen molar-refractivity contribution in [2.75, 3.05) is 18.5 Å². The summed E-state index contributed by atoms with van der Waals surface area (Å²) in [5, 5.41) is 31.5. The second-order valence-electron chi connectivity index (χ2n) is 15.4. The number of anilines is 1. The lowest BCUT2D eigenvalue weighted by Crippen LogP contribution is -2.48. The van der Waals surface area contributed by atoms with Crippen LogP contribution in [0.15, 0.2) is 46.6 Å². The van der Waals surface area contributed by atoms with Crippen LogP contribution in [-0.2, 0) is 22.1 Å². The highest BCUT2D eigenvalue weighted by atomic mass is 32.1. The van der Waals surface area contributed by atoms with Gasteiger partial charge in [0.25, 0.3) is 0 Å². The molecule has 0 saturated carbocycles. The number of carboxylic acids is 1. The third-order valence-corrected chi connectivity index (χ3v) is 16.6. The number of hydrogen-bond donors (Lipinski definition) is 4. The third kappa shape index (κ3) is 10.1. The third-order valence-electron chi connectivity index (χ3n) is 9.58. The molecule has 0 aliphatic heterocycles. The maximum Gasteiger partial charge on any atom is 0.407 e. The predicted molar refractivity (Wildman–Crippen MR) is 217 cm³/mol. The number of thiophene rings is 1. The number of nitriles is 1. The molecule has 0 aliphatic rings. The summed E-state index contributed by atoms with van der Waals surface area (Å²) in [6, 6.07) is 10.5. The minimum absolute atomic E-state index is 0.00415. The quantitative estimate of drug-likeness (QED) is 0.0595. The molecule has 0 bridgehead atoms. The van der Waals surface area contributed by atoms with Gasteiger partial charge < -0.3 is 29.6 Å². The topological polar surface area (TPSA) is 181 Å². The zero-order valence-electron chi connectivity index (χ0n) is 33.7. The summed E-state index contributed by atoms with van der Waals surface area (Å²) in [5.41, 5.74) is 1.65. The largest absolute Gasteiger partial charge is 0.488 e. The van der Waals surface area contributed by atoms with E-state index in [1.54, 1.807) is 51.1 Å². The Bertz CT molecular complexity index is 2090. The fourth-order valence-electron chi connectivity index (χ4n) is 7.21. The number of aromatic carboxylic acids is 1. The van der Waals surface area contributed by atoms with Crippen LogP contribution in [0.3, 0.4) is 0 Å². The van der Waals surface area contributed by atoms with Crippen LogP contribution in [0.25, 0.3) is 5.69 Å². The van der Waals surface area contributed by atoms with E-state index in [0.29, 0.717) is 34.3 Å². The van der Waals surface area contributed by atoms with Crippen LogP contribution in [0.2, 0.25) is 16.6 Å². The van der Waals surface area contributed by atoms with E-state index in [4.69, 9.17) is 13.9 Å². The smallest absolute Gasteiger partial charge is 0.407 e. The first kappa shape index (κ1) is 43.7. The first-order valence-electron chi connectivity index (χ1n) is 18.7. The van der Waals surface area contributed by atoms with Crippen LogP contribution >= 0.6 is 11.3 Å². The molecule has 0 saturated heterocycles. The molecular formula is C40H53FN6O7SSi. The Morgan fingerprint density at radius 2 is 1.75 bits per heavy atom. The molecule has 13 nitrogen and oxygen atoms in total. The zero-order chi connectivity index (χ0) is 41.5. The number of benzene rings is 2. The number of amides is 1. The number of carbonyl (C=O) groups excluding carboxylic acids is 1. The number of aromatic nitrogens is 3. The average molecular weight is 809 g/mol. The molecule has 1 atom stereocenters. The number of nitrogens with one attached hydrogen (secondary N) is 3. The van der Waals surface area contributed by atoms with Gasteiger partial charge in [0.05, 0.1) is 23.9 Å². The summed E-state index contributed by atoms with van der Waals surface area (Å²) >= 11 is 0.939. The van der Waals surface area contributed by atoms with E-state index in [-0.39, 0.29) is 53.0 Å². The van der Waals surface area contributed by atoms with Crippen molar-refractivity contribution in [3.05, 3.63) is 91.0 Å². The maximum atomic E-state index is 16.9. The molecule has 0 aliphatic carbocycles. The van der Waals surface area contributed by atoms with Gasteiger partial charge in [-0.3, -0.25) is 4.98 Å².